The van der Waals surface area contributed by atoms with E-state index in [1.165, 1.54) is 5.56 Å². The molecule has 2 atom stereocenters. The highest BCUT2D eigenvalue weighted by Gasteiger charge is 2.38. The van der Waals surface area contributed by atoms with Gasteiger partial charge in [0, 0.05) is 25.6 Å². The van der Waals surface area contributed by atoms with Crippen LogP contribution in [0, 0.1) is 5.92 Å². The van der Waals surface area contributed by atoms with Gasteiger partial charge in [-0.25, -0.2) is 0 Å². The van der Waals surface area contributed by atoms with Gasteiger partial charge in [-0.15, -0.1) is 0 Å². The van der Waals surface area contributed by atoms with E-state index in [-0.39, 0.29) is 17.1 Å². The van der Waals surface area contributed by atoms with Gasteiger partial charge in [0.2, 0.25) is 0 Å². The quantitative estimate of drug-likeness (QED) is 0.829. The van der Waals surface area contributed by atoms with Crippen LogP contribution in [0.3, 0.4) is 0 Å². The zero-order valence-corrected chi connectivity index (χ0v) is 16.4. The molecule has 0 aliphatic carbocycles. The lowest BCUT2D eigenvalue weighted by Crippen LogP contribution is -2.48. The molecule has 1 aromatic carbocycles. The summed E-state index contributed by atoms with van der Waals surface area (Å²) in [6.07, 6.45) is 0.736. The Bertz CT molecular complexity index is 484. The van der Waals surface area contributed by atoms with Crippen LogP contribution in [-0.2, 0) is 11.0 Å². The molecule has 1 heterocycles. The number of benzene rings is 1. The Labute approximate surface area is 142 Å². The third kappa shape index (κ3) is 5.15. The van der Waals surface area contributed by atoms with Gasteiger partial charge in [-0.05, 0) is 36.7 Å². The number of hydrogen-bond acceptors (Lipinski definition) is 3. The number of likely N-dealkylation sites (tertiary alicyclic amines) is 1. The first-order chi connectivity index (χ1) is 10.7. The van der Waals surface area contributed by atoms with Crippen molar-refractivity contribution in [2.24, 2.45) is 5.92 Å². The van der Waals surface area contributed by atoms with Gasteiger partial charge in [0.05, 0.1) is 6.10 Å². The van der Waals surface area contributed by atoms with Gasteiger partial charge < -0.3 is 9.53 Å². The third-order valence-corrected chi connectivity index (χ3v) is 10.0. The normalized spacial score (nSPS) is 23.9. The molecule has 0 unspecified atom stereocenters. The number of aliphatic hydroxyl groups excluding tert-OH is 1. The minimum atomic E-state index is -1.72. The predicted molar refractivity (Wildman–Crippen MR) is 99.0 cm³/mol. The van der Waals surface area contributed by atoms with Crippen LogP contribution in [0.15, 0.2) is 30.3 Å². The van der Waals surface area contributed by atoms with Gasteiger partial charge in [-0.3, -0.25) is 4.90 Å². The fourth-order valence-corrected chi connectivity index (χ4v) is 3.82. The molecule has 0 saturated carbocycles. The molecule has 1 fully saturated rings. The number of nitrogens with zero attached hydrogens (tertiary/aromatic N) is 1. The first-order valence-electron chi connectivity index (χ1n) is 8.77. The number of hydrogen-bond donors (Lipinski definition) is 1. The predicted octanol–water partition coefficient (Wildman–Crippen LogP) is 3.89. The van der Waals surface area contributed by atoms with Gasteiger partial charge in [0.25, 0.3) is 0 Å². The summed E-state index contributed by atoms with van der Waals surface area (Å²) in [5.41, 5.74) is 1.32. The number of rotatable bonds is 5. The van der Waals surface area contributed by atoms with Crippen molar-refractivity contribution in [1.29, 1.82) is 0 Å². The molecule has 2 rings (SSSR count). The van der Waals surface area contributed by atoms with Crippen LogP contribution in [-0.4, -0.2) is 44.1 Å². The lowest BCUT2D eigenvalue weighted by molar-refractivity contribution is -0.00219. The molecule has 3 nitrogen and oxygen atoms in total. The average Bonchev–Trinajstić information content (AvgIpc) is 2.46. The van der Waals surface area contributed by atoms with E-state index in [1.807, 2.05) is 6.07 Å². The van der Waals surface area contributed by atoms with E-state index in [1.54, 1.807) is 0 Å². The Morgan fingerprint density at radius 2 is 1.87 bits per heavy atom. The maximum Gasteiger partial charge on any atom is 0.191 e. The lowest BCUT2D eigenvalue weighted by Gasteiger charge is -2.40. The van der Waals surface area contributed by atoms with Gasteiger partial charge in [-0.2, -0.15) is 0 Å². The fourth-order valence-electron chi connectivity index (χ4n) is 2.76. The zero-order chi connectivity index (χ0) is 17.1. The van der Waals surface area contributed by atoms with Crippen LogP contribution in [0.25, 0.3) is 0 Å². The summed E-state index contributed by atoms with van der Waals surface area (Å²) < 4.78 is 6.32. The highest BCUT2D eigenvalue weighted by atomic mass is 28.4. The molecule has 1 saturated heterocycles. The summed E-state index contributed by atoms with van der Waals surface area (Å²) in [7, 11) is -1.72. The topological polar surface area (TPSA) is 32.7 Å². The van der Waals surface area contributed by atoms with E-state index in [0.29, 0.717) is 6.61 Å². The largest absolute Gasteiger partial charge is 0.416 e. The molecule has 130 valence electrons. The Morgan fingerprint density at radius 1 is 1.22 bits per heavy atom. The third-order valence-electron chi connectivity index (χ3n) is 5.52. The first-order valence-corrected chi connectivity index (χ1v) is 11.7. The van der Waals surface area contributed by atoms with Crippen LogP contribution in [0.1, 0.15) is 32.8 Å². The molecule has 4 heteroatoms. The van der Waals surface area contributed by atoms with Crippen molar-refractivity contribution in [3.63, 3.8) is 0 Å². The molecule has 1 aliphatic heterocycles. The molecular weight excluding hydrogens is 302 g/mol. The standard InChI is InChI=1S/C19H33NO2Si/c1-19(2,3)23(4,5)22-15-17-11-12-20(14-18(17)21)13-16-9-7-6-8-10-16/h6-10,17-18,21H,11-15H2,1-5H3/t17-,18+/m1/s1. The van der Waals surface area contributed by atoms with Crippen molar-refractivity contribution in [2.45, 2.75) is 58.0 Å². The maximum absolute atomic E-state index is 10.5. The second-order valence-electron chi connectivity index (χ2n) is 8.41. The van der Waals surface area contributed by atoms with E-state index in [4.69, 9.17) is 4.43 Å². The lowest BCUT2D eigenvalue weighted by atomic mass is 9.94. The van der Waals surface area contributed by atoms with Gasteiger partial charge >= 0.3 is 0 Å². The average molecular weight is 336 g/mol. The molecule has 1 aromatic rings. The molecule has 0 radical (unpaired) electrons. The molecular formula is C19H33NO2Si. The summed E-state index contributed by atoms with van der Waals surface area (Å²) in [6.45, 7) is 14.8. The summed E-state index contributed by atoms with van der Waals surface area (Å²) in [5.74, 6) is 0.274. The summed E-state index contributed by atoms with van der Waals surface area (Å²) in [5, 5.41) is 10.7. The van der Waals surface area contributed by atoms with Crippen molar-refractivity contribution in [2.75, 3.05) is 19.7 Å². The molecule has 0 bridgehead atoms. The van der Waals surface area contributed by atoms with E-state index in [9.17, 15) is 5.11 Å². The molecule has 23 heavy (non-hydrogen) atoms. The van der Waals surface area contributed by atoms with Crippen molar-refractivity contribution in [3.8, 4) is 0 Å². The maximum atomic E-state index is 10.5. The molecule has 0 spiro atoms. The van der Waals surface area contributed by atoms with Crippen molar-refractivity contribution < 1.29 is 9.53 Å². The Kier molecular flexibility index (Phi) is 6.06. The van der Waals surface area contributed by atoms with Gasteiger partial charge in [0.1, 0.15) is 0 Å². The van der Waals surface area contributed by atoms with Crippen LogP contribution in [0.2, 0.25) is 18.1 Å². The Balaban J connectivity index is 1.82. The van der Waals surface area contributed by atoms with Crippen molar-refractivity contribution in [1.82, 2.24) is 4.90 Å². The highest BCUT2D eigenvalue weighted by Crippen LogP contribution is 2.37. The zero-order valence-electron chi connectivity index (χ0n) is 15.4. The SMILES string of the molecule is CC(C)(C)[Si](C)(C)OC[C@H]1CCN(Cc2ccccc2)C[C@@H]1O. The number of piperidine rings is 1. The smallest absolute Gasteiger partial charge is 0.191 e. The van der Waals surface area contributed by atoms with E-state index < -0.39 is 8.32 Å². The summed E-state index contributed by atoms with van der Waals surface area (Å²) in [6, 6.07) is 10.5. The van der Waals surface area contributed by atoms with E-state index in [2.05, 4.69) is 63.0 Å². The molecule has 1 aliphatic rings. The van der Waals surface area contributed by atoms with Crippen molar-refractivity contribution in [3.05, 3.63) is 35.9 Å². The summed E-state index contributed by atoms with van der Waals surface area (Å²) in [4.78, 5) is 2.35. The van der Waals surface area contributed by atoms with Crippen LogP contribution < -0.4 is 0 Å². The number of aliphatic hydroxyl groups is 1. The number of β-amino-alcohol motifs (C(OH)–C–C–N with tert-alkyl or cyclic N) is 1. The molecule has 0 amide bonds. The first kappa shape index (κ1) is 18.7. The fraction of sp³-hybridized carbons (Fsp3) is 0.684. The molecule has 1 N–H and O–H groups in total. The van der Waals surface area contributed by atoms with Crippen LogP contribution >= 0.6 is 0 Å². The van der Waals surface area contributed by atoms with Crippen LogP contribution in [0.5, 0.6) is 0 Å². The Morgan fingerprint density at radius 3 is 2.43 bits per heavy atom. The highest BCUT2D eigenvalue weighted by molar-refractivity contribution is 6.74. The van der Waals surface area contributed by atoms with Crippen LogP contribution in [0.4, 0.5) is 0 Å². The van der Waals surface area contributed by atoms with E-state index >= 15 is 0 Å². The van der Waals surface area contributed by atoms with Gasteiger partial charge in [-0.1, -0.05) is 51.1 Å². The molecule has 0 aromatic heterocycles. The minimum absolute atomic E-state index is 0.228. The second kappa shape index (κ2) is 7.47. The second-order valence-corrected chi connectivity index (χ2v) is 13.2. The summed E-state index contributed by atoms with van der Waals surface area (Å²) >= 11 is 0. The van der Waals surface area contributed by atoms with Gasteiger partial charge in [0.15, 0.2) is 8.32 Å². The minimum Gasteiger partial charge on any atom is -0.416 e. The van der Waals surface area contributed by atoms with E-state index in [0.717, 1.165) is 26.1 Å². The monoisotopic (exact) mass is 335 g/mol. The van der Waals surface area contributed by atoms with Crippen molar-refractivity contribution >= 4 is 8.32 Å². The Hall–Kier alpha value is -0.683.